The van der Waals surface area contributed by atoms with Gasteiger partial charge in [-0.15, -0.1) is 0 Å². The Morgan fingerprint density at radius 2 is 0.828 bits per heavy atom. The molecule has 0 aromatic heterocycles. The van der Waals surface area contributed by atoms with Crippen molar-refractivity contribution in [3.8, 4) is 11.4 Å². The fourth-order valence-corrected chi connectivity index (χ4v) is 8.29. The largest absolute Gasteiger partial charge is 0.271 e. The van der Waals surface area contributed by atoms with Crippen LogP contribution in [0.2, 0.25) is 0 Å². The zero-order valence-corrected chi connectivity index (χ0v) is 32.0. The third-order valence-corrected chi connectivity index (χ3v) is 10.4. The summed E-state index contributed by atoms with van der Waals surface area (Å²) in [6.07, 6.45) is 0. The van der Waals surface area contributed by atoms with Crippen molar-refractivity contribution in [1.82, 2.24) is 9.13 Å². The standard InChI is InChI=1S/C44H32N6O8/c1-21-13-23(3)39(24(4)14-21)47-41(51)31-19-34(46-28-10-8-12-30(18-28)50(57)58)38-36-32(42(52)48(44(38)54)40-25(5)15-22(2)16-26(40)6)20-33(37(35(31)36)43(47)53)45-27-9-7-11-29(17-27)49(55)56/h7-20H,1-6H3. The third kappa shape index (κ3) is 5.81. The van der Waals surface area contributed by atoms with E-state index >= 15 is 9.59 Å². The molecule has 2 heterocycles. The van der Waals surface area contributed by atoms with Crippen molar-refractivity contribution in [1.29, 1.82) is 0 Å². The van der Waals surface area contributed by atoms with Gasteiger partial charge in [0.2, 0.25) is 0 Å². The number of aryl methyl sites for hydroxylation is 6. The van der Waals surface area contributed by atoms with Crippen LogP contribution in [0.3, 0.4) is 0 Å². The Balaban J connectivity index is 1.68. The maximum atomic E-state index is 15.0. The van der Waals surface area contributed by atoms with Crippen molar-refractivity contribution in [3.63, 3.8) is 0 Å². The summed E-state index contributed by atoms with van der Waals surface area (Å²) in [5, 5.41) is 23.2. The Labute approximate surface area is 327 Å². The van der Waals surface area contributed by atoms with E-state index in [-0.39, 0.29) is 66.2 Å². The lowest BCUT2D eigenvalue weighted by atomic mass is 9.84. The van der Waals surface area contributed by atoms with Gasteiger partial charge in [-0.25, -0.2) is 19.1 Å². The number of hydrogen-bond donors (Lipinski definition) is 0. The molecule has 0 spiro atoms. The lowest BCUT2D eigenvalue weighted by molar-refractivity contribution is -0.385. The second-order valence-corrected chi connectivity index (χ2v) is 14.6. The van der Waals surface area contributed by atoms with E-state index in [1.165, 1.54) is 60.7 Å². The predicted molar refractivity (Wildman–Crippen MR) is 217 cm³/mol. The molecular weight excluding hydrogens is 741 g/mol. The second kappa shape index (κ2) is 13.5. The first-order valence-corrected chi connectivity index (χ1v) is 18.1. The molecule has 286 valence electrons. The van der Waals surface area contributed by atoms with Crippen LogP contribution in [0.1, 0.15) is 44.5 Å². The number of hydrogen-bond acceptors (Lipinski definition) is 10. The summed E-state index contributed by atoms with van der Waals surface area (Å²) in [5.74, 6) is 0. The first-order chi connectivity index (χ1) is 27.5. The van der Waals surface area contributed by atoms with Gasteiger partial charge < -0.3 is 0 Å². The van der Waals surface area contributed by atoms with Gasteiger partial charge in [-0.3, -0.25) is 39.4 Å². The van der Waals surface area contributed by atoms with Gasteiger partial charge in [0.25, 0.3) is 33.6 Å². The molecule has 0 amide bonds. The van der Waals surface area contributed by atoms with Crippen LogP contribution in [-0.4, -0.2) is 19.0 Å². The van der Waals surface area contributed by atoms with E-state index in [9.17, 15) is 29.8 Å². The number of non-ortho nitro benzene ring substituents is 2. The number of rotatable bonds is 6. The third-order valence-electron chi connectivity index (χ3n) is 10.4. The van der Waals surface area contributed by atoms with Crippen LogP contribution in [0.25, 0.3) is 22.5 Å². The van der Waals surface area contributed by atoms with E-state index in [0.29, 0.717) is 33.6 Å². The molecule has 0 saturated carbocycles. The van der Waals surface area contributed by atoms with E-state index < -0.39 is 32.1 Å². The smallest absolute Gasteiger partial charge is 0.268 e. The molecule has 58 heavy (non-hydrogen) atoms. The van der Waals surface area contributed by atoms with Gasteiger partial charge in [0.05, 0.1) is 64.9 Å². The fraction of sp³-hybridized carbons (Fsp3) is 0.136. The Bertz CT molecular complexity index is 3180. The predicted octanol–water partition coefficient (Wildman–Crippen LogP) is 4.00. The fourth-order valence-electron chi connectivity index (χ4n) is 8.29. The summed E-state index contributed by atoms with van der Waals surface area (Å²) in [4.78, 5) is 91.7. The number of nitro benzene ring substituents is 2. The molecule has 0 N–H and O–H groups in total. The summed E-state index contributed by atoms with van der Waals surface area (Å²) < 4.78 is 2.07. The molecule has 0 atom stereocenters. The molecule has 0 saturated heterocycles. The minimum Gasteiger partial charge on any atom is -0.268 e. The van der Waals surface area contributed by atoms with Gasteiger partial charge in [0.15, 0.2) is 0 Å². The van der Waals surface area contributed by atoms with Crippen LogP contribution in [-0.2, 0) is 0 Å². The van der Waals surface area contributed by atoms with Gasteiger partial charge in [-0.05, 0) is 88.1 Å². The molecule has 0 unspecified atom stereocenters. The van der Waals surface area contributed by atoms with Crippen LogP contribution >= 0.6 is 0 Å². The molecular formula is C44H32N6O8. The minimum absolute atomic E-state index is 0.0120. The van der Waals surface area contributed by atoms with Crippen molar-refractivity contribution in [3.05, 3.63) is 212 Å². The Morgan fingerprint density at radius 1 is 0.483 bits per heavy atom. The van der Waals surface area contributed by atoms with Crippen molar-refractivity contribution < 1.29 is 9.85 Å². The molecule has 14 heteroatoms. The van der Waals surface area contributed by atoms with Gasteiger partial charge in [0, 0.05) is 35.4 Å². The highest BCUT2D eigenvalue weighted by Gasteiger charge is 2.33. The normalized spacial score (nSPS) is 13.0. The second-order valence-electron chi connectivity index (χ2n) is 14.6. The van der Waals surface area contributed by atoms with Crippen LogP contribution in [0.4, 0.5) is 22.7 Å². The molecule has 0 bridgehead atoms. The minimum atomic E-state index is -0.787. The average Bonchev–Trinajstić information content (AvgIpc) is 3.15. The molecule has 4 aromatic rings. The Morgan fingerprint density at radius 3 is 1.16 bits per heavy atom. The van der Waals surface area contributed by atoms with Crippen molar-refractivity contribution >= 4 is 33.9 Å². The van der Waals surface area contributed by atoms with Gasteiger partial charge in [0.1, 0.15) is 0 Å². The monoisotopic (exact) mass is 772 g/mol. The highest BCUT2D eigenvalue weighted by molar-refractivity contribution is 6.06. The summed E-state index contributed by atoms with van der Waals surface area (Å²) in [6.45, 7) is 10.8. The maximum Gasteiger partial charge on any atom is 0.271 e. The highest BCUT2D eigenvalue weighted by Crippen LogP contribution is 2.28. The van der Waals surface area contributed by atoms with E-state index in [1.807, 2.05) is 38.1 Å². The van der Waals surface area contributed by atoms with E-state index in [2.05, 4.69) is 0 Å². The van der Waals surface area contributed by atoms with Crippen molar-refractivity contribution in [2.75, 3.05) is 0 Å². The van der Waals surface area contributed by atoms with Crippen molar-refractivity contribution in [2.24, 2.45) is 9.98 Å². The van der Waals surface area contributed by atoms with E-state index in [4.69, 9.17) is 9.98 Å². The highest BCUT2D eigenvalue weighted by atomic mass is 16.6. The SMILES string of the molecule is Cc1cc(C)c(-n2c(=O)c3cc(=Nc4cccc([N+](=O)[O-])c4)c4c(=O)n(-c5c(C)cc(C)cc5C)c(=O)c5cc(=Nc6cccc([N+](=O)[O-])c6)c(c2=O)=C3C=45)c(C)c1. The zero-order valence-electron chi connectivity index (χ0n) is 32.0. The average molecular weight is 773 g/mol. The van der Waals surface area contributed by atoms with Crippen LogP contribution < -0.4 is 43.4 Å². The molecule has 0 fully saturated rings. The molecule has 0 radical (unpaired) electrons. The first-order valence-electron chi connectivity index (χ1n) is 18.1. The summed E-state index contributed by atoms with van der Waals surface area (Å²) >= 11 is 0. The summed E-state index contributed by atoms with van der Waals surface area (Å²) in [6, 6.07) is 20.9. The topological polar surface area (TPSA) is 189 Å². The number of aromatic nitrogens is 2. The molecule has 14 nitrogen and oxygen atoms in total. The molecule has 2 aliphatic carbocycles. The Hall–Kier alpha value is -7.74. The summed E-state index contributed by atoms with van der Waals surface area (Å²) in [7, 11) is 0. The summed E-state index contributed by atoms with van der Waals surface area (Å²) in [5.41, 5.74) is 1.31. The maximum absolute atomic E-state index is 15.0. The van der Waals surface area contributed by atoms with Crippen LogP contribution in [0.15, 0.2) is 114 Å². The van der Waals surface area contributed by atoms with E-state index in [0.717, 1.165) is 20.3 Å². The van der Waals surface area contributed by atoms with Crippen LogP contribution in [0, 0.1) is 61.8 Å². The van der Waals surface area contributed by atoms with Crippen molar-refractivity contribution in [2.45, 2.75) is 41.5 Å². The molecule has 8 rings (SSSR count). The van der Waals surface area contributed by atoms with Gasteiger partial charge >= 0.3 is 0 Å². The van der Waals surface area contributed by atoms with Crippen LogP contribution in [0.5, 0.6) is 0 Å². The lowest BCUT2D eigenvalue weighted by Crippen LogP contribution is -2.59. The number of nitro groups is 2. The zero-order chi connectivity index (χ0) is 41.5. The van der Waals surface area contributed by atoms with E-state index in [1.54, 1.807) is 27.7 Å². The first kappa shape index (κ1) is 37.2. The quantitative estimate of drug-likeness (QED) is 0.183. The lowest BCUT2D eigenvalue weighted by Gasteiger charge is -2.24. The van der Waals surface area contributed by atoms with Gasteiger partial charge in [-0.2, -0.15) is 0 Å². The molecule has 4 aromatic carbocycles. The molecule has 4 aliphatic rings. The number of nitrogens with zero attached hydrogens (tertiary/aromatic N) is 6. The Kier molecular flexibility index (Phi) is 8.64. The number of benzene rings is 4. The van der Waals surface area contributed by atoms with Gasteiger partial charge in [-0.1, -0.05) is 47.5 Å². The molecule has 2 aliphatic heterocycles.